The number of hydrogen-bond acceptors (Lipinski definition) is 3. The SMILES string of the molecule is CC.COC(=O)c1c(C)ccn(-c2ccc(F)cc2)c1=O. The van der Waals surface area contributed by atoms with Crippen LogP contribution in [0.3, 0.4) is 0 Å². The Labute approximate surface area is 122 Å². The first-order valence-electron chi connectivity index (χ1n) is 6.61. The van der Waals surface area contributed by atoms with Crippen LogP contribution in [0.25, 0.3) is 5.69 Å². The molecule has 0 saturated carbocycles. The Bertz CT molecular complexity index is 675. The van der Waals surface area contributed by atoms with Gasteiger partial charge >= 0.3 is 5.97 Å². The molecule has 0 unspecified atom stereocenters. The number of esters is 1. The summed E-state index contributed by atoms with van der Waals surface area (Å²) < 4.78 is 18.7. The van der Waals surface area contributed by atoms with E-state index in [2.05, 4.69) is 4.74 Å². The average molecular weight is 291 g/mol. The Hall–Kier alpha value is -2.43. The number of nitrogens with zero attached hydrogens (tertiary/aromatic N) is 1. The van der Waals surface area contributed by atoms with Crippen LogP contribution in [0, 0.1) is 12.7 Å². The molecule has 0 aliphatic carbocycles. The van der Waals surface area contributed by atoms with Crippen LogP contribution in [0.15, 0.2) is 41.3 Å². The first kappa shape index (κ1) is 16.6. The minimum Gasteiger partial charge on any atom is -0.465 e. The molecule has 0 amide bonds. The van der Waals surface area contributed by atoms with Crippen LogP contribution in [0.2, 0.25) is 0 Å². The number of aryl methyl sites for hydroxylation is 1. The second kappa shape index (κ2) is 7.38. The average Bonchev–Trinajstić information content (AvgIpc) is 2.50. The van der Waals surface area contributed by atoms with E-state index in [0.717, 1.165) is 0 Å². The summed E-state index contributed by atoms with van der Waals surface area (Å²) in [6.45, 7) is 5.66. The Morgan fingerprint density at radius 2 is 1.71 bits per heavy atom. The number of hydrogen-bond donors (Lipinski definition) is 0. The quantitative estimate of drug-likeness (QED) is 0.799. The van der Waals surface area contributed by atoms with Crippen molar-refractivity contribution in [1.29, 1.82) is 0 Å². The number of benzene rings is 1. The van der Waals surface area contributed by atoms with Crippen LogP contribution in [-0.4, -0.2) is 17.6 Å². The van der Waals surface area contributed by atoms with Gasteiger partial charge in [-0.15, -0.1) is 0 Å². The highest BCUT2D eigenvalue weighted by Crippen LogP contribution is 2.10. The maximum absolute atomic E-state index is 12.9. The number of ether oxygens (including phenoxy) is 1. The predicted octanol–water partition coefficient (Wildman–Crippen LogP) is 3.10. The zero-order valence-corrected chi connectivity index (χ0v) is 12.5. The second-order valence-electron chi connectivity index (χ2n) is 4.02. The number of methoxy groups -OCH3 is 1. The zero-order valence-electron chi connectivity index (χ0n) is 12.5. The van der Waals surface area contributed by atoms with Crippen LogP contribution in [0.4, 0.5) is 4.39 Å². The minimum atomic E-state index is -0.682. The van der Waals surface area contributed by atoms with Gasteiger partial charge in [0.1, 0.15) is 11.4 Å². The molecule has 1 aromatic heterocycles. The van der Waals surface area contributed by atoms with E-state index >= 15 is 0 Å². The normalized spacial score (nSPS) is 9.57. The van der Waals surface area contributed by atoms with Crippen molar-refractivity contribution in [3.8, 4) is 5.69 Å². The summed E-state index contributed by atoms with van der Waals surface area (Å²) in [6, 6.07) is 7.07. The van der Waals surface area contributed by atoms with Crippen molar-refractivity contribution in [3.63, 3.8) is 0 Å². The Kier molecular flexibility index (Phi) is 5.84. The monoisotopic (exact) mass is 291 g/mol. The van der Waals surface area contributed by atoms with Crippen LogP contribution < -0.4 is 5.56 Å². The van der Waals surface area contributed by atoms with Gasteiger partial charge in [0.05, 0.1) is 7.11 Å². The van der Waals surface area contributed by atoms with Crippen molar-refractivity contribution < 1.29 is 13.9 Å². The summed E-state index contributed by atoms with van der Waals surface area (Å²) in [5, 5.41) is 0. The number of carbonyl (C=O) groups excluding carboxylic acids is 1. The van der Waals surface area contributed by atoms with Gasteiger partial charge in [0, 0.05) is 11.9 Å². The van der Waals surface area contributed by atoms with Gasteiger partial charge in [-0.2, -0.15) is 0 Å². The summed E-state index contributed by atoms with van der Waals surface area (Å²) in [5.41, 5.74) is 0.513. The fourth-order valence-electron chi connectivity index (χ4n) is 1.78. The number of pyridine rings is 1. The molecule has 2 rings (SSSR count). The van der Waals surface area contributed by atoms with Gasteiger partial charge in [0.25, 0.3) is 5.56 Å². The lowest BCUT2D eigenvalue weighted by Crippen LogP contribution is -2.26. The van der Waals surface area contributed by atoms with Crippen molar-refractivity contribution in [2.24, 2.45) is 0 Å². The zero-order chi connectivity index (χ0) is 16.0. The third-order valence-corrected chi connectivity index (χ3v) is 2.79. The van der Waals surface area contributed by atoms with Crippen molar-refractivity contribution in [1.82, 2.24) is 4.57 Å². The van der Waals surface area contributed by atoms with E-state index in [9.17, 15) is 14.0 Å². The molecule has 0 N–H and O–H groups in total. The molecule has 5 heteroatoms. The minimum absolute atomic E-state index is 0.0191. The van der Waals surface area contributed by atoms with Gasteiger partial charge in [-0.1, -0.05) is 13.8 Å². The Balaban J connectivity index is 0.00000106. The second-order valence-corrected chi connectivity index (χ2v) is 4.02. The predicted molar refractivity (Wildman–Crippen MR) is 79.4 cm³/mol. The van der Waals surface area contributed by atoms with Crippen LogP contribution in [-0.2, 0) is 4.74 Å². The molecule has 1 heterocycles. The van der Waals surface area contributed by atoms with Gasteiger partial charge < -0.3 is 4.74 Å². The molecule has 1 aromatic carbocycles. The van der Waals surface area contributed by atoms with Crippen molar-refractivity contribution in [2.75, 3.05) is 7.11 Å². The van der Waals surface area contributed by atoms with Crippen LogP contribution in [0.5, 0.6) is 0 Å². The molecule has 2 aromatic rings. The summed E-state index contributed by atoms with van der Waals surface area (Å²) >= 11 is 0. The van der Waals surface area contributed by atoms with Crippen molar-refractivity contribution in [2.45, 2.75) is 20.8 Å². The molecular formula is C16H18FNO3. The highest BCUT2D eigenvalue weighted by molar-refractivity contribution is 5.90. The van der Waals surface area contributed by atoms with E-state index in [-0.39, 0.29) is 5.56 Å². The molecule has 0 spiro atoms. The molecule has 0 bridgehead atoms. The van der Waals surface area contributed by atoms with Gasteiger partial charge in [-0.25, -0.2) is 9.18 Å². The highest BCUT2D eigenvalue weighted by atomic mass is 19.1. The van der Waals surface area contributed by atoms with Gasteiger partial charge in [-0.05, 0) is 42.8 Å². The van der Waals surface area contributed by atoms with Gasteiger partial charge in [-0.3, -0.25) is 9.36 Å². The third-order valence-electron chi connectivity index (χ3n) is 2.79. The van der Waals surface area contributed by atoms with Gasteiger partial charge in [0.2, 0.25) is 0 Å². The molecule has 0 atom stereocenters. The van der Waals surface area contributed by atoms with Gasteiger partial charge in [0.15, 0.2) is 0 Å². The molecule has 0 fully saturated rings. The summed E-state index contributed by atoms with van der Waals surface area (Å²) in [7, 11) is 1.22. The largest absolute Gasteiger partial charge is 0.465 e. The highest BCUT2D eigenvalue weighted by Gasteiger charge is 2.16. The topological polar surface area (TPSA) is 48.3 Å². The van der Waals surface area contributed by atoms with Crippen LogP contribution >= 0.6 is 0 Å². The van der Waals surface area contributed by atoms with Crippen molar-refractivity contribution in [3.05, 3.63) is 63.8 Å². The first-order valence-corrected chi connectivity index (χ1v) is 6.61. The first-order chi connectivity index (χ1) is 10.0. The lowest BCUT2D eigenvalue weighted by molar-refractivity contribution is 0.0597. The number of halogens is 1. The van der Waals surface area contributed by atoms with E-state index in [1.54, 1.807) is 13.0 Å². The molecule has 4 nitrogen and oxygen atoms in total. The summed E-state index contributed by atoms with van der Waals surface area (Å²) in [6.07, 6.45) is 1.54. The van der Waals surface area contributed by atoms with E-state index in [4.69, 9.17) is 0 Å². The molecule has 112 valence electrons. The standard InChI is InChI=1S/C14H12FNO3.C2H6/c1-9-7-8-16(11-5-3-10(15)4-6-11)13(17)12(9)14(18)19-2;1-2/h3-8H,1-2H3;1-2H3. The molecule has 0 radical (unpaired) electrons. The number of rotatable bonds is 2. The lowest BCUT2D eigenvalue weighted by Gasteiger charge is -2.09. The van der Waals surface area contributed by atoms with E-state index in [0.29, 0.717) is 11.3 Å². The molecule has 21 heavy (non-hydrogen) atoms. The molecule has 0 saturated heterocycles. The molecular weight excluding hydrogens is 273 g/mol. The van der Waals surface area contributed by atoms with E-state index in [1.807, 2.05) is 13.8 Å². The fourth-order valence-corrected chi connectivity index (χ4v) is 1.78. The summed E-state index contributed by atoms with van der Waals surface area (Å²) in [4.78, 5) is 23.8. The Morgan fingerprint density at radius 1 is 1.14 bits per heavy atom. The maximum Gasteiger partial charge on any atom is 0.343 e. The van der Waals surface area contributed by atoms with E-state index in [1.165, 1.54) is 42.1 Å². The lowest BCUT2D eigenvalue weighted by atomic mass is 10.1. The van der Waals surface area contributed by atoms with E-state index < -0.39 is 17.3 Å². The molecule has 0 aliphatic rings. The molecule has 0 aliphatic heterocycles. The summed E-state index contributed by atoms with van der Waals surface area (Å²) in [5.74, 6) is -1.07. The fraction of sp³-hybridized carbons (Fsp3) is 0.250. The third kappa shape index (κ3) is 3.56. The maximum atomic E-state index is 12.9. The Morgan fingerprint density at radius 3 is 2.24 bits per heavy atom. The number of aromatic nitrogens is 1. The smallest absolute Gasteiger partial charge is 0.343 e. The number of carbonyl (C=O) groups is 1. The van der Waals surface area contributed by atoms with Crippen molar-refractivity contribution >= 4 is 5.97 Å². The van der Waals surface area contributed by atoms with Crippen LogP contribution in [0.1, 0.15) is 29.8 Å².